The predicted octanol–water partition coefficient (Wildman–Crippen LogP) is 2.96. The Balaban J connectivity index is 2.68. The molecule has 0 fully saturated rings. The number of rotatable bonds is 2. The van der Waals surface area contributed by atoms with Crippen molar-refractivity contribution in [2.45, 2.75) is 0 Å². The van der Waals surface area contributed by atoms with E-state index in [1.165, 1.54) is 6.07 Å². The number of anilines is 1. The lowest BCUT2D eigenvalue weighted by Crippen LogP contribution is -1.96. The topological polar surface area (TPSA) is 59.0 Å². The molecule has 0 aliphatic carbocycles. The van der Waals surface area contributed by atoms with Gasteiger partial charge in [0.05, 0.1) is 12.7 Å². The summed E-state index contributed by atoms with van der Waals surface area (Å²) in [5.74, 6) is 0.00773. The summed E-state index contributed by atoms with van der Waals surface area (Å²) < 4.78 is 18.6. The van der Waals surface area contributed by atoms with E-state index in [-0.39, 0.29) is 11.3 Å². The minimum absolute atomic E-state index is 0.0369. The van der Waals surface area contributed by atoms with Crippen LogP contribution in [0.1, 0.15) is 5.56 Å². The fourth-order valence-electron chi connectivity index (χ4n) is 1.77. The molecule has 0 radical (unpaired) electrons. The van der Waals surface area contributed by atoms with E-state index in [1.54, 1.807) is 19.2 Å². The van der Waals surface area contributed by atoms with Crippen molar-refractivity contribution in [2.75, 3.05) is 12.8 Å². The first-order chi connectivity index (χ1) is 8.67. The van der Waals surface area contributed by atoms with Crippen molar-refractivity contribution in [1.29, 1.82) is 5.26 Å². The zero-order chi connectivity index (χ0) is 13.1. The normalized spacial score (nSPS) is 9.83. The summed E-state index contributed by atoms with van der Waals surface area (Å²) in [6.45, 7) is 0. The highest BCUT2D eigenvalue weighted by Gasteiger charge is 2.12. The maximum Gasteiger partial charge on any atom is 0.143 e. The first kappa shape index (κ1) is 11.9. The highest BCUT2D eigenvalue weighted by Crippen LogP contribution is 2.34. The Labute approximate surface area is 104 Å². The van der Waals surface area contributed by atoms with Crippen LogP contribution in [0.5, 0.6) is 5.75 Å². The SMILES string of the molecule is COc1ccccc1-c1cc(C#N)c(F)cc1N. The molecule has 0 spiro atoms. The molecule has 0 heterocycles. The number of methoxy groups -OCH3 is 1. The van der Waals surface area contributed by atoms with E-state index in [4.69, 9.17) is 15.7 Å². The monoisotopic (exact) mass is 242 g/mol. The second kappa shape index (κ2) is 4.76. The van der Waals surface area contributed by atoms with Crippen molar-refractivity contribution in [3.8, 4) is 22.9 Å². The number of ether oxygens (including phenoxy) is 1. The van der Waals surface area contributed by atoms with Gasteiger partial charge < -0.3 is 10.5 Å². The Morgan fingerprint density at radius 2 is 1.94 bits per heavy atom. The van der Waals surface area contributed by atoms with E-state index in [2.05, 4.69) is 0 Å². The fraction of sp³-hybridized carbons (Fsp3) is 0.0714. The minimum Gasteiger partial charge on any atom is -0.496 e. The van der Waals surface area contributed by atoms with Crippen LogP contribution in [0, 0.1) is 17.1 Å². The van der Waals surface area contributed by atoms with Gasteiger partial charge in [0.15, 0.2) is 0 Å². The molecule has 0 aliphatic rings. The summed E-state index contributed by atoms with van der Waals surface area (Å²) in [6, 6.07) is 11.6. The van der Waals surface area contributed by atoms with Crippen LogP contribution in [0.3, 0.4) is 0 Å². The van der Waals surface area contributed by atoms with Crippen molar-refractivity contribution in [3.63, 3.8) is 0 Å². The van der Waals surface area contributed by atoms with E-state index >= 15 is 0 Å². The van der Waals surface area contributed by atoms with E-state index in [0.717, 1.165) is 11.6 Å². The first-order valence-electron chi connectivity index (χ1n) is 5.30. The van der Waals surface area contributed by atoms with E-state index in [9.17, 15) is 4.39 Å². The molecule has 2 N–H and O–H groups in total. The van der Waals surface area contributed by atoms with Gasteiger partial charge >= 0.3 is 0 Å². The quantitative estimate of drug-likeness (QED) is 0.823. The summed E-state index contributed by atoms with van der Waals surface area (Å²) in [5, 5.41) is 8.85. The molecule has 90 valence electrons. The van der Waals surface area contributed by atoms with Crippen LogP contribution in [0.25, 0.3) is 11.1 Å². The van der Waals surface area contributed by atoms with Gasteiger partial charge in [-0.15, -0.1) is 0 Å². The molecule has 3 nitrogen and oxygen atoms in total. The summed E-state index contributed by atoms with van der Waals surface area (Å²) >= 11 is 0. The Morgan fingerprint density at radius 1 is 1.22 bits per heavy atom. The van der Waals surface area contributed by atoms with Gasteiger partial charge in [-0.05, 0) is 18.2 Å². The number of benzene rings is 2. The number of hydrogen-bond donors (Lipinski definition) is 1. The molecule has 18 heavy (non-hydrogen) atoms. The number of halogens is 1. The van der Waals surface area contributed by atoms with Crippen LogP contribution in [0.15, 0.2) is 36.4 Å². The first-order valence-corrected chi connectivity index (χ1v) is 5.30. The average molecular weight is 242 g/mol. The molecular weight excluding hydrogens is 231 g/mol. The van der Waals surface area contributed by atoms with Crippen LogP contribution in [-0.2, 0) is 0 Å². The fourth-order valence-corrected chi connectivity index (χ4v) is 1.77. The average Bonchev–Trinajstić information content (AvgIpc) is 2.39. The predicted molar refractivity (Wildman–Crippen MR) is 67.5 cm³/mol. The van der Waals surface area contributed by atoms with Crippen LogP contribution in [0.2, 0.25) is 0 Å². The molecule has 2 rings (SSSR count). The van der Waals surface area contributed by atoms with Crippen LogP contribution >= 0.6 is 0 Å². The third-order valence-corrected chi connectivity index (χ3v) is 2.66. The largest absolute Gasteiger partial charge is 0.496 e. The van der Waals surface area contributed by atoms with Crippen molar-refractivity contribution in [3.05, 3.63) is 47.8 Å². The third-order valence-electron chi connectivity index (χ3n) is 2.66. The molecule has 0 amide bonds. The van der Waals surface area contributed by atoms with Crippen molar-refractivity contribution < 1.29 is 9.13 Å². The lowest BCUT2D eigenvalue weighted by molar-refractivity contribution is 0.416. The van der Waals surface area contributed by atoms with Crippen LogP contribution in [-0.4, -0.2) is 7.11 Å². The summed E-state index contributed by atoms with van der Waals surface area (Å²) in [5.41, 5.74) is 7.35. The Bertz CT molecular complexity index is 632. The molecule has 2 aromatic rings. The molecule has 0 atom stereocenters. The number of hydrogen-bond acceptors (Lipinski definition) is 3. The molecule has 0 saturated heterocycles. The molecule has 0 aromatic heterocycles. The second-order valence-corrected chi connectivity index (χ2v) is 3.73. The van der Waals surface area contributed by atoms with Gasteiger partial charge in [0.1, 0.15) is 17.6 Å². The number of nitrogen functional groups attached to an aromatic ring is 1. The Kier molecular flexibility index (Phi) is 3.16. The summed E-state index contributed by atoms with van der Waals surface area (Å²) in [4.78, 5) is 0. The van der Waals surface area contributed by atoms with Gasteiger partial charge in [0, 0.05) is 16.8 Å². The lowest BCUT2D eigenvalue weighted by atomic mass is 10.00. The van der Waals surface area contributed by atoms with Gasteiger partial charge in [0.2, 0.25) is 0 Å². The molecule has 0 unspecified atom stereocenters. The second-order valence-electron chi connectivity index (χ2n) is 3.73. The van der Waals surface area contributed by atoms with Crippen molar-refractivity contribution in [2.24, 2.45) is 0 Å². The number of nitriles is 1. The highest BCUT2D eigenvalue weighted by atomic mass is 19.1. The summed E-state index contributed by atoms with van der Waals surface area (Å²) in [6.07, 6.45) is 0. The highest BCUT2D eigenvalue weighted by molar-refractivity contribution is 5.81. The number of nitrogens with zero attached hydrogens (tertiary/aromatic N) is 1. The number of nitrogens with two attached hydrogens (primary N) is 1. The zero-order valence-electron chi connectivity index (χ0n) is 9.77. The number of para-hydroxylation sites is 1. The maximum absolute atomic E-state index is 13.4. The van der Waals surface area contributed by atoms with Crippen molar-refractivity contribution in [1.82, 2.24) is 0 Å². The molecule has 0 bridgehead atoms. The smallest absolute Gasteiger partial charge is 0.143 e. The van der Waals surface area contributed by atoms with Gasteiger partial charge in [-0.2, -0.15) is 5.26 Å². The maximum atomic E-state index is 13.4. The van der Waals surface area contributed by atoms with E-state index in [0.29, 0.717) is 11.3 Å². The lowest BCUT2D eigenvalue weighted by Gasteiger charge is -2.11. The van der Waals surface area contributed by atoms with Gasteiger partial charge in [-0.25, -0.2) is 4.39 Å². The molecular formula is C14H11FN2O. The van der Waals surface area contributed by atoms with E-state index in [1.807, 2.05) is 18.2 Å². The molecule has 0 aliphatic heterocycles. The zero-order valence-corrected chi connectivity index (χ0v) is 9.77. The summed E-state index contributed by atoms with van der Waals surface area (Å²) in [7, 11) is 1.55. The van der Waals surface area contributed by atoms with Gasteiger partial charge in [0.25, 0.3) is 0 Å². The van der Waals surface area contributed by atoms with Crippen LogP contribution in [0.4, 0.5) is 10.1 Å². The third kappa shape index (κ3) is 1.98. The minimum atomic E-state index is -0.617. The standard InChI is InChI=1S/C14H11FN2O/c1-18-14-5-3-2-4-10(14)11-6-9(8-16)12(15)7-13(11)17/h2-7H,17H2,1H3. The Hall–Kier alpha value is -2.54. The van der Waals surface area contributed by atoms with Crippen molar-refractivity contribution >= 4 is 5.69 Å². The van der Waals surface area contributed by atoms with Gasteiger partial charge in [-0.1, -0.05) is 18.2 Å². The molecule has 2 aromatic carbocycles. The molecule has 0 saturated carbocycles. The van der Waals surface area contributed by atoms with Gasteiger partial charge in [-0.3, -0.25) is 0 Å². The Morgan fingerprint density at radius 3 is 2.61 bits per heavy atom. The van der Waals surface area contributed by atoms with Crippen LogP contribution < -0.4 is 10.5 Å². The van der Waals surface area contributed by atoms with E-state index < -0.39 is 5.82 Å². The molecule has 4 heteroatoms.